The molecule has 5 heteroatoms. The molecule has 1 atom stereocenters. The van der Waals surface area contributed by atoms with Crippen molar-refractivity contribution in [3.63, 3.8) is 0 Å². The molecule has 116 valence electrons. The first-order chi connectivity index (χ1) is 10.0. The van der Waals surface area contributed by atoms with Crippen LogP contribution in [0.15, 0.2) is 23.2 Å². The number of benzene rings is 1. The van der Waals surface area contributed by atoms with Crippen LogP contribution in [0.4, 0.5) is 4.39 Å². The van der Waals surface area contributed by atoms with Gasteiger partial charge in [-0.3, -0.25) is 4.99 Å². The maximum atomic E-state index is 13.5. The van der Waals surface area contributed by atoms with Crippen molar-refractivity contribution in [2.45, 2.75) is 38.8 Å². The third-order valence-electron chi connectivity index (χ3n) is 3.85. The van der Waals surface area contributed by atoms with Gasteiger partial charge in [0, 0.05) is 26.7 Å². The molecule has 2 N–H and O–H groups in total. The summed E-state index contributed by atoms with van der Waals surface area (Å²) in [6, 6.07) is 5.26. The first kappa shape index (κ1) is 15.8. The lowest BCUT2D eigenvalue weighted by Crippen LogP contribution is -2.45. The Hall–Kier alpha value is -1.62. The number of aliphatic imine (C=N–C) groups is 1. The summed E-state index contributed by atoms with van der Waals surface area (Å²) in [7, 11) is 1.73. The molecule has 0 amide bonds. The smallest absolute Gasteiger partial charge is 0.191 e. The van der Waals surface area contributed by atoms with Crippen molar-refractivity contribution < 1.29 is 9.13 Å². The second kappa shape index (κ2) is 6.89. The molecule has 4 nitrogen and oxygen atoms in total. The molecule has 0 aliphatic carbocycles. The monoisotopic (exact) mass is 293 g/mol. The van der Waals surface area contributed by atoms with Gasteiger partial charge in [0.05, 0.1) is 5.60 Å². The first-order valence-corrected chi connectivity index (χ1v) is 7.36. The van der Waals surface area contributed by atoms with Crippen molar-refractivity contribution in [2.24, 2.45) is 4.99 Å². The third-order valence-corrected chi connectivity index (χ3v) is 3.85. The largest absolute Gasteiger partial charge is 0.373 e. The normalized spacial score (nSPS) is 22.4. The van der Waals surface area contributed by atoms with Gasteiger partial charge in [-0.15, -0.1) is 0 Å². The van der Waals surface area contributed by atoms with E-state index < -0.39 is 0 Å². The molecule has 0 saturated carbocycles. The highest BCUT2D eigenvalue weighted by molar-refractivity contribution is 5.79. The Labute approximate surface area is 125 Å². The van der Waals surface area contributed by atoms with Gasteiger partial charge in [-0.2, -0.15) is 0 Å². The lowest BCUT2D eigenvalue weighted by molar-refractivity contribution is 0.0243. The van der Waals surface area contributed by atoms with Crippen LogP contribution in [0, 0.1) is 12.7 Å². The molecule has 1 aliphatic rings. The minimum absolute atomic E-state index is 0.117. The topological polar surface area (TPSA) is 45.7 Å². The molecule has 0 aromatic heterocycles. The molecule has 2 rings (SSSR count). The van der Waals surface area contributed by atoms with Crippen LogP contribution >= 0.6 is 0 Å². The fraction of sp³-hybridized carbons (Fsp3) is 0.562. The van der Waals surface area contributed by atoms with E-state index in [0.717, 1.165) is 31.6 Å². The van der Waals surface area contributed by atoms with Gasteiger partial charge in [0.1, 0.15) is 5.82 Å². The van der Waals surface area contributed by atoms with Crippen LogP contribution in [0.1, 0.15) is 30.9 Å². The van der Waals surface area contributed by atoms with Crippen molar-refractivity contribution in [2.75, 3.05) is 20.2 Å². The molecular weight excluding hydrogens is 269 g/mol. The second-order valence-electron chi connectivity index (χ2n) is 5.76. The van der Waals surface area contributed by atoms with Crippen molar-refractivity contribution in [1.29, 1.82) is 0 Å². The zero-order valence-electron chi connectivity index (χ0n) is 13.0. The minimum Gasteiger partial charge on any atom is -0.373 e. The van der Waals surface area contributed by atoms with E-state index in [4.69, 9.17) is 4.74 Å². The number of nitrogens with one attached hydrogen (secondary N) is 2. The molecule has 0 spiro atoms. The molecule has 1 heterocycles. The number of halogens is 1. The van der Waals surface area contributed by atoms with Crippen LogP contribution in [0.3, 0.4) is 0 Å². The number of nitrogens with zero attached hydrogens (tertiary/aromatic N) is 1. The molecule has 1 saturated heterocycles. The average Bonchev–Trinajstić information content (AvgIpc) is 2.90. The zero-order chi connectivity index (χ0) is 15.3. The molecule has 1 aromatic carbocycles. The molecule has 0 bridgehead atoms. The van der Waals surface area contributed by atoms with Crippen molar-refractivity contribution >= 4 is 5.96 Å². The van der Waals surface area contributed by atoms with Gasteiger partial charge in [0.15, 0.2) is 5.96 Å². The Kier molecular flexibility index (Phi) is 5.17. The molecule has 0 radical (unpaired) electrons. The highest BCUT2D eigenvalue weighted by Crippen LogP contribution is 2.23. The summed E-state index contributed by atoms with van der Waals surface area (Å²) in [6.45, 7) is 5.95. The van der Waals surface area contributed by atoms with Gasteiger partial charge < -0.3 is 15.4 Å². The van der Waals surface area contributed by atoms with E-state index in [1.54, 1.807) is 26.1 Å². The number of guanidine groups is 1. The summed E-state index contributed by atoms with van der Waals surface area (Å²) in [6.07, 6.45) is 2.16. The van der Waals surface area contributed by atoms with Gasteiger partial charge in [-0.05, 0) is 43.9 Å². The molecule has 1 aliphatic heterocycles. The second-order valence-corrected chi connectivity index (χ2v) is 5.76. The van der Waals surface area contributed by atoms with Gasteiger partial charge in [-0.1, -0.05) is 12.1 Å². The van der Waals surface area contributed by atoms with E-state index in [0.29, 0.717) is 18.1 Å². The van der Waals surface area contributed by atoms with Gasteiger partial charge in [0.2, 0.25) is 0 Å². The molecular formula is C16H24FN3O. The highest BCUT2D eigenvalue weighted by Gasteiger charge is 2.29. The van der Waals surface area contributed by atoms with E-state index in [2.05, 4.69) is 22.5 Å². The van der Waals surface area contributed by atoms with E-state index in [1.807, 2.05) is 6.07 Å². The molecule has 1 aromatic rings. The molecule has 1 unspecified atom stereocenters. The van der Waals surface area contributed by atoms with E-state index in [9.17, 15) is 4.39 Å². The van der Waals surface area contributed by atoms with Crippen molar-refractivity contribution in [1.82, 2.24) is 10.6 Å². The highest BCUT2D eigenvalue weighted by atomic mass is 19.1. The van der Waals surface area contributed by atoms with Crippen LogP contribution < -0.4 is 10.6 Å². The fourth-order valence-corrected chi connectivity index (χ4v) is 2.40. The Morgan fingerprint density at radius 1 is 1.43 bits per heavy atom. The minimum atomic E-state index is -0.177. The summed E-state index contributed by atoms with van der Waals surface area (Å²) in [5, 5.41) is 6.46. The number of aryl methyl sites for hydroxylation is 1. The van der Waals surface area contributed by atoms with Crippen molar-refractivity contribution in [3.05, 3.63) is 35.1 Å². The van der Waals surface area contributed by atoms with Crippen LogP contribution in [0.2, 0.25) is 0 Å². The summed E-state index contributed by atoms with van der Waals surface area (Å²) < 4.78 is 19.2. The maximum absolute atomic E-state index is 13.5. The van der Waals surface area contributed by atoms with E-state index in [-0.39, 0.29) is 11.4 Å². The standard InChI is InChI=1S/C16H24FN3O/c1-12-5-6-13(9-14(12)17)10-19-15(18-3)20-11-16(2)7-4-8-21-16/h5-6,9H,4,7-8,10-11H2,1-3H3,(H2,18,19,20). The van der Waals surface area contributed by atoms with Crippen LogP contribution in [-0.2, 0) is 11.3 Å². The predicted octanol–water partition coefficient (Wildman–Crippen LogP) is 2.37. The lowest BCUT2D eigenvalue weighted by atomic mass is 10.0. The Morgan fingerprint density at radius 2 is 2.24 bits per heavy atom. The Morgan fingerprint density at radius 3 is 2.86 bits per heavy atom. The number of rotatable bonds is 4. The first-order valence-electron chi connectivity index (χ1n) is 7.36. The van der Waals surface area contributed by atoms with Gasteiger partial charge in [0.25, 0.3) is 0 Å². The summed E-state index contributed by atoms with van der Waals surface area (Å²) >= 11 is 0. The quantitative estimate of drug-likeness (QED) is 0.662. The predicted molar refractivity (Wildman–Crippen MR) is 82.9 cm³/mol. The third kappa shape index (κ3) is 4.43. The number of hydrogen-bond acceptors (Lipinski definition) is 2. The van der Waals surface area contributed by atoms with Crippen molar-refractivity contribution in [3.8, 4) is 0 Å². The number of hydrogen-bond donors (Lipinski definition) is 2. The van der Waals surface area contributed by atoms with Crippen LogP contribution in [0.25, 0.3) is 0 Å². The lowest BCUT2D eigenvalue weighted by Gasteiger charge is -2.24. The maximum Gasteiger partial charge on any atom is 0.191 e. The SMILES string of the molecule is CN=C(NCc1ccc(C)c(F)c1)NCC1(C)CCCO1. The molecule has 1 fully saturated rings. The fourth-order valence-electron chi connectivity index (χ4n) is 2.40. The summed E-state index contributed by atoms with van der Waals surface area (Å²) in [5.74, 6) is 0.525. The van der Waals surface area contributed by atoms with E-state index >= 15 is 0 Å². The average molecular weight is 293 g/mol. The summed E-state index contributed by atoms with van der Waals surface area (Å²) in [4.78, 5) is 4.18. The summed E-state index contributed by atoms with van der Waals surface area (Å²) in [5.41, 5.74) is 1.44. The zero-order valence-corrected chi connectivity index (χ0v) is 13.0. The van der Waals surface area contributed by atoms with Crippen LogP contribution in [-0.4, -0.2) is 31.8 Å². The van der Waals surface area contributed by atoms with Gasteiger partial charge in [-0.25, -0.2) is 4.39 Å². The Bertz CT molecular complexity index is 510. The molecule has 21 heavy (non-hydrogen) atoms. The van der Waals surface area contributed by atoms with Crippen LogP contribution in [0.5, 0.6) is 0 Å². The van der Waals surface area contributed by atoms with Gasteiger partial charge >= 0.3 is 0 Å². The number of ether oxygens (including phenoxy) is 1. The Balaban J connectivity index is 1.83. The van der Waals surface area contributed by atoms with E-state index in [1.165, 1.54) is 0 Å².